The Labute approximate surface area is 180 Å². The van der Waals surface area contributed by atoms with Gasteiger partial charge in [-0.3, -0.25) is 9.79 Å². The Bertz CT molecular complexity index is 874. The van der Waals surface area contributed by atoms with E-state index in [-0.39, 0.29) is 18.2 Å². The highest BCUT2D eigenvalue weighted by Crippen LogP contribution is 2.25. The maximum Gasteiger partial charge on any atom is 0.387 e. The zero-order chi connectivity index (χ0) is 22.6. The number of anilines is 1. The Hall–Kier alpha value is -3.36. The molecule has 0 atom stereocenters. The van der Waals surface area contributed by atoms with E-state index in [1.54, 1.807) is 19.2 Å². The molecule has 3 N–H and O–H groups in total. The average Bonchev–Trinajstić information content (AvgIpc) is 2.75. The molecule has 0 bridgehead atoms. The van der Waals surface area contributed by atoms with Crippen LogP contribution in [-0.2, 0) is 17.9 Å². The van der Waals surface area contributed by atoms with Gasteiger partial charge in [-0.25, -0.2) is 0 Å². The quantitative estimate of drug-likeness (QED) is 0.390. The molecule has 0 saturated heterocycles. The summed E-state index contributed by atoms with van der Waals surface area (Å²) in [5.41, 5.74) is 2.24. The van der Waals surface area contributed by atoms with Crippen molar-refractivity contribution in [1.29, 1.82) is 0 Å². The molecule has 0 spiro atoms. The van der Waals surface area contributed by atoms with Gasteiger partial charge in [0, 0.05) is 37.8 Å². The summed E-state index contributed by atoms with van der Waals surface area (Å²) in [6.45, 7) is -0.266. The lowest BCUT2D eigenvalue weighted by molar-refractivity contribution is -0.116. The zero-order valence-electron chi connectivity index (χ0n) is 17.9. The van der Waals surface area contributed by atoms with Crippen molar-refractivity contribution in [2.75, 3.05) is 19.5 Å². The van der Waals surface area contributed by atoms with Gasteiger partial charge in [0.2, 0.25) is 5.91 Å². The smallest absolute Gasteiger partial charge is 0.387 e. The molecule has 31 heavy (non-hydrogen) atoms. The number of methoxy groups -OCH3 is 1. The minimum atomic E-state index is -2.92. The van der Waals surface area contributed by atoms with Gasteiger partial charge in [0.25, 0.3) is 0 Å². The molecular formula is C22H28F2N4O3. The van der Waals surface area contributed by atoms with Crippen molar-refractivity contribution in [3.63, 3.8) is 0 Å². The first kappa shape index (κ1) is 23.9. The lowest BCUT2D eigenvalue weighted by Gasteiger charge is -2.15. The van der Waals surface area contributed by atoms with Gasteiger partial charge >= 0.3 is 6.61 Å². The largest absolute Gasteiger partial charge is 0.497 e. The minimum absolute atomic E-state index is 0.00860. The van der Waals surface area contributed by atoms with Crippen LogP contribution in [0.3, 0.4) is 0 Å². The van der Waals surface area contributed by atoms with E-state index < -0.39 is 6.61 Å². The van der Waals surface area contributed by atoms with Crippen LogP contribution in [0, 0.1) is 0 Å². The van der Waals surface area contributed by atoms with Crippen LogP contribution >= 0.6 is 0 Å². The number of nitrogens with one attached hydrogen (secondary N) is 3. The molecule has 0 aliphatic heterocycles. The van der Waals surface area contributed by atoms with Crippen LogP contribution in [0.4, 0.5) is 14.5 Å². The first-order chi connectivity index (χ1) is 14.9. The third kappa shape index (κ3) is 8.12. The van der Waals surface area contributed by atoms with Crippen LogP contribution in [0.1, 0.15) is 30.9 Å². The van der Waals surface area contributed by atoms with Crippen molar-refractivity contribution in [1.82, 2.24) is 10.6 Å². The molecule has 0 saturated carbocycles. The van der Waals surface area contributed by atoms with Gasteiger partial charge in [-0.1, -0.05) is 19.1 Å². The summed E-state index contributed by atoms with van der Waals surface area (Å²) in [6.07, 6.45) is 1.29. The third-order valence-corrected chi connectivity index (χ3v) is 4.33. The molecular weight excluding hydrogens is 406 g/mol. The molecule has 0 aliphatic rings. The molecule has 0 aliphatic carbocycles. The van der Waals surface area contributed by atoms with Crippen molar-refractivity contribution >= 4 is 17.6 Å². The molecule has 2 rings (SSSR count). The topological polar surface area (TPSA) is 84.0 Å². The molecule has 2 aromatic carbocycles. The standard InChI is InChI=1S/C22H28F2N4O3/c1-4-5-20(29)28-17-8-6-15(7-9-17)13-26-22(25-2)27-14-16-12-18(30-3)10-11-19(16)31-21(23)24/h6-12,21H,4-5,13-14H2,1-3H3,(H,28,29)(H2,25,26,27). The summed E-state index contributed by atoms with van der Waals surface area (Å²) < 4.78 is 35.1. The number of rotatable bonds is 10. The first-order valence-corrected chi connectivity index (χ1v) is 9.90. The van der Waals surface area contributed by atoms with Gasteiger partial charge in [0.1, 0.15) is 11.5 Å². The summed E-state index contributed by atoms with van der Waals surface area (Å²) in [5.74, 6) is 1.09. The summed E-state index contributed by atoms with van der Waals surface area (Å²) in [4.78, 5) is 15.8. The first-order valence-electron chi connectivity index (χ1n) is 9.90. The predicted molar refractivity (Wildman–Crippen MR) is 117 cm³/mol. The number of guanidine groups is 1. The third-order valence-electron chi connectivity index (χ3n) is 4.33. The van der Waals surface area contributed by atoms with E-state index in [1.807, 2.05) is 31.2 Å². The van der Waals surface area contributed by atoms with E-state index in [4.69, 9.17) is 4.74 Å². The molecule has 1 amide bonds. The maximum absolute atomic E-state index is 12.7. The lowest BCUT2D eigenvalue weighted by Crippen LogP contribution is -2.36. The number of ether oxygens (including phenoxy) is 2. The fraction of sp³-hybridized carbons (Fsp3) is 0.364. The monoisotopic (exact) mass is 434 g/mol. The number of halogens is 2. The van der Waals surface area contributed by atoms with E-state index in [9.17, 15) is 13.6 Å². The van der Waals surface area contributed by atoms with Gasteiger partial charge in [-0.2, -0.15) is 8.78 Å². The number of aliphatic imine (C=N–C) groups is 1. The highest BCUT2D eigenvalue weighted by atomic mass is 19.3. The van der Waals surface area contributed by atoms with E-state index >= 15 is 0 Å². The number of carbonyl (C=O) groups is 1. The second-order valence-electron chi connectivity index (χ2n) is 6.63. The SMILES string of the molecule is CCCC(=O)Nc1ccc(CNC(=NC)NCc2cc(OC)ccc2OC(F)F)cc1. The molecule has 0 fully saturated rings. The fourth-order valence-electron chi connectivity index (χ4n) is 2.77. The van der Waals surface area contributed by atoms with Crippen molar-refractivity contribution in [3.05, 3.63) is 53.6 Å². The van der Waals surface area contributed by atoms with Gasteiger partial charge in [-0.15, -0.1) is 0 Å². The Morgan fingerprint density at radius 1 is 1.10 bits per heavy atom. The lowest BCUT2D eigenvalue weighted by atomic mass is 10.2. The highest BCUT2D eigenvalue weighted by Gasteiger charge is 2.11. The van der Waals surface area contributed by atoms with Crippen LogP contribution in [0.15, 0.2) is 47.5 Å². The van der Waals surface area contributed by atoms with E-state index in [0.717, 1.165) is 17.7 Å². The van der Waals surface area contributed by atoms with E-state index in [1.165, 1.54) is 13.2 Å². The van der Waals surface area contributed by atoms with E-state index in [0.29, 0.717) is 30.2 Å². The van der Waals surface area contributed by atoms with Gasteiger partial charge in [-0.05, 0) is 42.3 Å². The Morgan fingerprint density at radius 2 is 1.81 bits per heavy atom. The zero-order valence-corrected chi connectivity index (χ0v) is 17.9. The van der Waals surface area contributed by atoms with Gasteiger partial charge in [0.05, 0.1) is 7.11 Å². The number of carbonyl (C=O) groups excluding carboxylic acids is 1. The highest BCUT2D eigenvalue weighted by molar-refractivity contribution is 5.90. The van der Waals surface area contributed by atoms with Crippen LogP contribution in [0.25, 0.3) is 0 Å². The normalized spacial score (nSPS) is 11.2. The second-order valence-corrected chi connectivity index (χ2v) is 6.63. The summed E-state index contributed by atoms with van der Waals surface area (Å²) in [7, 11) is 3.12. The van der Waals surface area contributed by atoms with Crippen molar-refractivity contribution in [3.8, 4) is 11.5 Å². The molecule has 0 heterocycles. The van der Waals surface area contributed by atoms with Gasteiger partial charge in [0.15, 0.2) is 5.96 Å². The maximum atomic E-state index is 12.7. The molecule has 168 valence electrons. The van der Waals surface area contributed by atoms with Crippen LogP contribution in [0.2, 0.25) is 0 Å². The molecule has 2 aromatic rings. The van der Waals surface area contributed by atoms with Crippen LogP contribution in [-0.4, -0.2) is 32.6 Å². The minimum Gasteiger partial charge on any atom is -0.497 e. The Balaban J connectivity index is 1.92. The summed E-state index contributed by atoms with van der Waals surface area (Å²) >= 11 is 0. The number of hydrogen-bond donors (Lipinski definition) is 3. The van der Waals surface area contributed by atoms with Gasteiger partial charge < -0.3 is 25.4 Å². The Morgan fingerprint density at radius 3 is 2.42 bits per heavy atom. The van der Waals surface area contributed by atoms with Crippen molar-refractivity contribution < 1.29 is 23.0 Å². The van der Waals surface area contributed by atoms with Crippen molar-refractivity contribution in [2.45, 2.75) is 39.5 Å². The van der Waals surface area contributed by atoms with Crippen LogP contribution < -0.4 is 25.4 Å². The average molecular weight is 434 g/mol. The molecule has 0 unspecified atom stereocenters. The number of benzene rings is 2. The summed E-state index contributed by atoms with van der Waals surface area (Å²) in [5, 5.41) is 9.07. The fourth-order valence-corrected chi connectivity index (χ4v) is 2.77. The van der Waals surface area contributed by atoms with Crippen molar-refractivity contribution in [2.24, 2.45) is 4.99 Å². The molecule has 9 heteroatoms. The molecule has 0 radical (unpaired) electrons. The number of nitrogens with zero attached hydrogens (tertiary/aromatic N) is 1. The molecule has 7 nitrogen and oxygen atoms in total. The Kier molecular flexibility index (Phi) is 9.54. The number of alkyl halides is 2. The van der Waals surface area contributed by atoms with Crippen LogP contribution in [0.5, 0.6) is 11.5 Å². The predicted octanol–water partition coefficient (Wildman–Crippen LogP) is 3.90. The molecule has 0 aromatic heterocycles. The number of amides is 1. The van der Waals surface area contributed by atoms with E-state index in [2.05, 4.69) is 25.7 Å². The number of hydrogen-bond acceptors (Lipinski definition) is 4. The second kappa shape index (κ2) is 12.4. The summed E-state index contributed by atoms with van der Waals surface area (Å²) in [6, 6.07) is 12.1.